The van der Waals surface area contributed by atoms with Gasteiger partial charge in [0.1, 0.15) is 0 Å². The summed E-state index contributed by atoms with van der Waals surface area (Å²) in [5.74, 6) is 0. The molecule has 0 saturated carbocycles. The molecule has 0 radical (unpaired) electrons. The van der Waals surface area contributed by atoms with E-state index in [0.29, 0.717) is 6.04 Å². The molecule has 1 atom stereocenters. The summed E-state index contributed by atoms with van der Waals surface area (Å²) in [6.07, 6.45) is 4.25. The van der Waals surface area contributed by atoms with Crippen molar-refractivity contribution in [3.63, 3.8) is 0 Å². The van der Waals surface area contributed by atoms with Crippen LogP contribution < -0.4 is 29.3 Å². The van der Waals surface area contributed by atoms with Gasteiger partial charge in [-0.25, -0.2) is 0 Å². The van der Waals surface area contributed by atoms with Crippen molar-refractivity contribution in [1.82, 2.24) is 4.98 Å². The number of anilines is 1. The predicted octanol–water partition coefficient (Wildman–Crippen LogP) is 1.96. The molecule has 1 aromatic carbocycles. The van der Waals surface area contributed by atoms with Crippen molar-refractivity contribution >= 4 is 28.2 Å². The minimum absolute atomic E-state index is 0. The molecule has 2 rings (SSSR count). The molecule has 0 fully saturated rings. The quantitative estimate of drug-likeness (QED) is 0.480. The van der Waals surface area contributed by atoms with E-state index in [1.54, 1.807) is 0 Å². The minimum Gasteiger partial charge on any atom is -1.00 e. The highest BCUT2D eigenvalue weighted by Gasteiger charge is 2.16. The predicted molar refractivity (Wildman–Crippen MR) is 101 cm³/mol. The molecular formula is C19H29ClIN3. The molecule has 0 aliphatic carbocycles. The van der Waals surface area contributed by atoms with Gasteiger partial charge in [0.25, 0.3) is 0 Å². The van der Waals surface area contributed by atoms with E-state index in [9.17, 15) is 0 Å². The van der Waals surface area contributed by atoms with Crippen LogP contribution in [0.5, 0.6) is 0 Å². The summed E-state index contributed by atoms with van der Waals surface area (Å²) in [4.78, 5) is 4.40. The average Bonchev–Trinajstić information content (AvgIpc) is 2.54. The molecule has 0 spiro atoms. The second kappa shape index (κ2) is 9.78. The van der Waals surface area contributed by atoms with Crippen LogP contribution in [0.2, 0.25) is 5.02 Å². The maximum Gasteiger partial charge on any atom is 0.0785 e. The number of nitrogens with zero attached hydrogens (tertiary/aromatic N) is 2. The first-order valence-corrected chi connectivity index (χ1v) is 8.99. The Hall–Kier alpha value is -0.590. The number of quaternary nitrogens is 1. The van der Waals surface area contributed by atoms with E-state index >= 15 is 0 Å². The van der Waals surface area contributed by atoms with Gasteiger partial charge in [0.2, 0.25) is 0 Å². The third-order valence-corrected chi connectivity index (χ3v) is 5.20. The average molecular weight is 462 g/mol. The maximum absolute atomic E-state index is 6.05. The van der Waals surface area contributed by atoms with Crippen LogP contribution in [0.1, 0.15) is 33.6 Å². The zero-order chi connectivity index (χ0) is 16.9. The Morgan fingerprint density at radius 1 is 1.21 bits per heavy atom. The number of hydrogen-bond donors (Lipinski definition) is 1. The fraction of sp³-hybridized carbons (Fsp3) is 0.526. The lowest BCUT2D eigenvalue weighted by atomic mass is 10.1. The van der Waals surface area contributed by atoms with E-state index in [4.69, 9.17) is 11.6 Å². The van der Waals surface area contributed by atoms with Crippen molar-refractivity contribution in [1.29, 1.82) is 0 Å². The van der Waals surface area contributed by atoms with Crippen LogP contribution in [0.3, 0.4) is 0 Å². The highest BCUT2D eigenvalue weighted by molar-refractivity contribution is 6.31. The number of nitrogens with one attached hydrogen (secondary N) is 1. The molecule has 5 heteroatoms. The summed E-state index contributed by atoms with van der Waals surface area (Å²) in [5.41, 5.74) is 2.08. The Morgan fingerprint density at radius 3 is 2.58 bits per heavy atom. The third-order valence-electron chi connectivity index (χ3n) is 4.97. The summed E-state index contributed by atoms with van der Waals surface area (Å²) < 4.78 is 1.16. The van der Waals surface area contributed by atoms with Gasteiger partial charge >= 0.3 is 0 Å². The SMILES string of the molecule is CC[N+](C)(CC)CCCC(C)Nc1ccnc2cc(Cl)ccc12.[I-]. The summed E-state index contributed by atoms with van der Waals surface area (Å²) in [6.45, 7) is 10.5. The molecule has 0 bridgehead atoms. The number of aromatic nitrogens is 1. The third kappa shape index (κ3) is 5.74. The van der Waals surface area contributed by atoms with E-state index < -0.39 is 0 Å². The van der Waals surface area contributed by atoms with Crippen LogP contribution in [0.25, 0.3) is 10.9 Å². The van der Waals surface area contributed by atoms with E-state index in [0.717, 1.165) is 26.1 Å². The first kappa shape index (κ1) is 21.5. The smallest absolute Gasteiger partial charge is 0.0785 e. The lowest BCUT2D eigenvalue weighted by Crippen LogP contribution is -3.00. The largest absolute Gasteiger partial charge is 1.00 e. The molecule has 2 aromatic rings. The molecular weight excluding hydrogens is 433 g/mol. The van der Waals surface area contributed by atoms with Gasteiger partial charge in [-0.2, -0.15) is 0 Å². The Kier molecular flexibility index (Phi) is 8.74. The van der Waals surface area contributed by atoms with Crippen molar-refractivity contribution in [2.75, 3.05) is 32.0 Å². The molecule has 24 heavy (non-hydrogen) atoms. The van der Waals surface area contributed by atoms with Crippen LogP contribution in [0.4, 0.5) is 5.69 Å². The van der Waals surface area contributed by atoms with E-state index in [-0.39, 0.29) is 24.0 Å². The van der Waals surface area contributed by atoms with Crippen LogP contribution in [-0.2, 0) is 0 Å². The van der Waals surface area contributed by atoms with Gasteiger partial charge in [0.05, 0.1) is 32.2 Å². The molecule has 0 amide bonds. The number of hydrogen-bond acceptors (Lipinski definition) is 2. The lowest BCUT2D eigenvalue weighted by molar-refractivity contribution is -0.906. The van der Waals surface area contributed by atoms with Crippen molar-refractivity contribution in [3.05, 3.63) is 35.5 Å². The molecule has 0 aliphatic rings. The van der Waals surface area contributed by atoms with Crippen LogP contribution in [0, 0.1) is 0 Å². The molecule has 1 heterocycles. The van der Waals surface area contributed by atoms with Crippen molar-refractivity contribution in [3.8, 4) is 0 Å². The van der Waals surface area contributed by atoms with Gasteiger partial charge in [-0.05, 0) is 57.9 Å². The topological polar surface area (TPSA) is 24.9 Å². The number of pyridine rings is 1. The van der Waals surface area contributed by atoms with E-state index in [2.05, 4.69) is 38.1 Å². The molecule has 0 saturated heterocycles. The number of halogens is 2. The number of rotatable bonds is 8. The van der Waals surface area contributed by atoms with Crippen molar-refractivity contribution in [2.45, 2.75) is 39.7 Å². The van der Waals surface area contributed by atoms with Gasteiger partial charge in [0.15, 0.2) is 0 Å². The fourth-order valence-electron chi connectivity index (χ4n) is 2.90. The van der Waals surface area contributed by atoms with Gasteiger partial charge in [-0.15, -0.1) is 0 Å². The van der Waals surface area contributed by atoms with Crippen LogP contribution >= 0.6 is 11.6 Å². The lowest BCUT2D eigenvalue weighted by Gasteiger charge is -2.32. The standard InChI is InChI=1S/C19H29ClN3.HI/c1-5-23(4,6-2)13-7-8-15(3)22-18-11-12-21-19-14-16(20)9-10-17(18)19;/h9-12,14-15H,5-8,13H2,1-4H3,(H,21,22);1H/q+1;/p-1. The first-order valence-electron chi connectivity index (χ1n) is 8.62. The first-order chi connectivity index (χ1) is 11.0. The molecule has 3 nitrogen and oxygen atoms in total. The van der Waals surface area contributed by atoms with Crippen LogP contribution in [-0.4, -0.2) is 42.2 Å². The second-order valence-electron chi connectivity index (χ2n) is 6.68. The fourth-order valence-corrected chi connectivity index (χ4v) is 3.07. The number of fused-ring (bicyclic) bond motifs is 1. The zero-order valence-electron chi connectivity index (χ0n) is 15.1. The Morgan fingerprint density at radius 2 is 1.92 bits per heavy atom. The van der Waals surface area contributed by atoms with Gasteiger partial charge < -0.3 is 33.8 Å². The Balaban J connectivity index is 0.00000288. The molecule has 0 aliphatic heterocycles. The van der Waals surface area contributed by atoms with Crippen molar-refractivity contribution < 1.29 is 28.5 Å². The van der Waals surface area contributed by atoms with E-state index in [1.807, 2.05) is 30.5 Å². The minimum atomic E-state index is 0. The summed E-state index contributed by atoms with van der Waals surface area (Å²) in [6, 6.07) is 8.37. The molecule has 134 valence electrons. The highest BCUT2D eigenvalue weighted by Crippen LogP contribution is 2.25. The summed E-state index contributed by atoms with van der Waals surface area (Å²) in [5, 5.41) is 5.50. The molecule has 1 unspecified atom stereocenters. The Bertz CT molecular complexity index is 644. The van der Waals surface area contributed by atoms with Gasteiger partial charge in [-0.1, -0.05) is 11.6 Å². The van der Waals surface area contributed by atoms with Gasteiger partial charge in [-0.3, -0.25) is 4.98 Å². The van der Waals surface area contributed by atoms with Crippen molar-refractivity contribution in [2.24, 2.45) is 0 Å². The normalized spacial score (nSPS) is 12.7. The highest BCUT2D eigenvalue weighted by atomic mass is 127. The van der Waals surface area contributed by atoms with E-state index in [1.165, 1.54) is 32.5 Å². The summed E-state index contributed by atoms with van der Waals surface area (Å²) >= 11 is 6.05. The number of benzene rings is 1. The maximum atomic E-state index is 6.05. The monoisotopic (exact) mass is 461 g/mol. The summed E-state index contributed by atoms with van der Waals surface area (Å²) in [7, 11) is 2.35. The zero-order valence-corrected chi connectivity index (χ0v) is 18.1. The molecule has 1 N–H and O–H groups in total. The Labute approximate surface area is 168 Å². The molecule has 1 aromatic heterocycles. The second-order valence-corrected chi connectivity index (χ2v) is 7.12. The van der Waals surface area contributed by atoms with Crippen LogP contribution in [0.15, 0.2) is 30.5 Å². The van der Waals surface area contributed by atoms with Gasteiger partial charge in [0, 0.05) is 28.3 Å².